The smallest absolute Gasteiger partial charge is 0.177 e. The summed E-state index contributed by atoms with van der Waals surface area (Å²) < 4.78 is 1.90. The lowest BCUT2D eigenvalue weighted by Crippen LogP contribution is -1.95. The van der Waals surface area contributed by atoms with Gasteiger partial charge in [0.15, 0.2) is 10.9 Å². The first-order valence-electron chi connectivity index (χ1n) is 5.60. The van der Waals surface area contributed by atoms with E-state index in [0.29, 0.717) is 5.69 Å². The summed E-state index contributed by atoms with van der Waals surface area (Å²) in [6, 6.07) is 9.73. The average Bonchev–Trinajstić information content (AvgIpc) is 2.85. The Morgan fingerprint density at radius 3 is 2.84 bits per heavy atom. The molecule has 0 fully saturated rings. The fourth-order valence-electron chi connectivity index (χ4n) is 1.75. The number of aromatic nitrogens is 4. The van der Waals surface area contributed by atoms with Crippen LogP contribution in [0.3, 0.4) is 0 Å². The third-order valence-corrected chi connectivity index (χ3v) is 3.89. The van der Waals surface area contributed by atoms with E-state index in [1.54, 1.807) is 6.20 Å². The quantitative estimate of drug-likeness (QED) is 0.713. The Morgan fingerprint density at radius 2 is 2.11 bits per heavy atom. The molecule has 0 radical (unpaired) electrons. The number of benzene rings is 1. The van der Waals surface area contributed by atoms with Crippen molar-refractivity contribution in [3.63, 3.8) is 0 Å². The van der Waals surface area contributed by atoms with Gasteiger partial charge >= 0.3 is 0 Å². The van der Waals surface area contributed by atoms with Crippen molar-refractivity contribution in [2.24, 2.45) is 7.05 Å². The largest absolute Gasteiger partial charge is 0.329 e. The van der Waals surface area contributed by atoms with Crippen molar-refractivity contribution in [1.82, 2.24) is 19.7 Å². The zero-order valence-electron chi connectivity index (χ0n) is 10.1. The molecule has 1 aromatic carbocycles. The fraction of sp³-hybridized carbons (Fsp3) is 0.0769. The van der Waals surface area contributed by atoms with Gasteiger partial charge in [-0.05, 0) is 17.8 Å². The Hall–Kier alpha value is -2.39. The second-order valence-electron chi connectivity index (χ2n) is 3.93. The number of hydrogen-bond acceptors (Lipinski definition) is 5. The van der Waals surface area contributed by atoms with E-state index in [2.05, 4.69) is 21.3 Å². The van der Waals surface area contributed by atoms with Gasteiger partial charge in [0, 0.05) is 24.8 Å². The van der Waals surface area contributed by atoms with Crippen LogP contribution in [0.2, 0.25) is 0 Å². The van der Waals surface area contributed by atoms with Gasteiger partial charge in [-0.2, -0.15) is 5.26 Å². The van der Waals surface area contributed by atoms with E-state index in [-0.39, 0.29) is 0 Å². The van der Waals surface area contributed by atoms with Crippen molar-refractivity contribution in [2.45, 2.75) is 10.1 Å². The summed E-state index contributed by atoms with van der Waals surface area (Å²) in [4.78, 5) is 5.06. The van der Waals surface area contributed by atoms with Crippen LogP contribution in [0.5, 0.6) is 0 Å². The number of nitrogens with zero attached hydrogens (tertiary/aromatic N) is 5. The summed E-state index contributed by atoms with van der Waals surface area (Å²) in [5, 5.41) is 18.9. The van der Waals surface area contributed by atoms with Crippen LogP contribution < -0.4 is 0 Å². The molecule has 0 unspecified atom stereocenters. The van der Waals surface area contributed by atoms with Crippen molar-refractivity contribution in [2.75, 3.05) is 0 Å². The molecule has 0 amide bonds. The van der Waals surface area contributed by atoms with E-state index in [4.69, 9.17) is 0 Å². The van der Waals surface area contributed by atoms with E-state index < -0.39 is 0 Å². The Balaban J connectivity index is 2.21. The summed E-state index contributed by atoms with van der Waals surface area (Å²) in [7, 11) is 1.91. The van der Waals surface area contributed by atoms with Gasteiger partial charge < -0.3 is 4.57 Å². The minimum Gasteiger partial charge on any atom is -0.329 e. The molecule has 0 aliphatic heterocycles. The standard InChI is InChI=1S/C13H9N5S/c1-18-7-6-15-13(18)19-12-9-4-2-3-5-10(9)16-17-11(12)8-14/h2-7H,1H3. The number of imidazole rings is 1. The molecule has 5 nitrogen and oxygen atoms in total. The zero-order chi connectivity index (χ0) is 13.2. The van der Waals surface area contributed by atoms with Gasteiger partial charge in [-0.1, -0.05) is 18.2 Å². The lowest BCUT2D eigenvalue weighted by Gasteiger charge is -2.06. The molecule has 0 spiro atoms. The predicted octanol–water partition coefficient (Wildman–Crippen LogP) is 2.39. The molecule has 0 saturated carbocycles. The van der Waals surface area contributed by atoms with E-state index >= 15 is 0 Å². The maximum atomic E-state index is 9.18. The highest BCUT2D eigenvalue weighted by Gasteiger charge is 2.13. The van der Waals surface area contributed by atoms with Crippen LogP contribution in [-0.2, 0) is 7.05 Å². The molecule has 0 saturated heterocycles. The normalized spacial score (nSPS) is 10.5. The Morgan fingerprint density at radius 1 is 1.26 bits per heavy atom. The fourth-order valence-corrected chi connectivity index (χ4v) is 2.71. The van der Waals surface area contributed by atoms with E-state index in [0.717, 1.165) is 21.0 Å². The van der Waals surface area contributed by atoms with Crippen LogP contribution in [0.1, 0.15) is 5.69 Å². The monoisotopic (exact) mass is 267 g/mol. The maximum absolute atomic E-state index is 9.18. The van der Waals surface area contributed by atoms with Gasteiger partial charge in [-0.15, -0.1) is 10.2 Å². The number of nitriles is 1. The lowest BCUT2D eigenvalue weighted by atomic mass is 10.2. The first kappa shape index (κ1) is 11.7. The molecule has 19 heavy (non-hydrogen) atoms. The molecule has 0 aliphatic carbocycles. The molecule has 2 aromatic heterocycles. The highest BCUT2D eigenvalue weighted by atomic mass is 32.2. The molecule has 3 rings (SSSR count). The molecule has 3 aromatic rings. The molecular weight excluding hydrogens is 258 g/mol. The van der Waals surface area contributed by atoms with Crippen molar-refractivity contribution in [3.8, 4) is 6.07 Å². The maximum Gasteiger partial charge on any atom is 0.177 e. The van der Waals surface area contributed by atoms with E-state index in [1.165, 1.54) is 11.8 Å². The highest BCUT2D eigenvalue weighted by Crippen LogP contribution is 2.33. The van der Waals surface area contributed by atoms with Crippen LogP contribution in [0.4, 0.5) is 0 Å². The molecule has 92 valence electrons. The third-order valence-electron chi connectivity index (χ3n) is 2.70. The van der Waals surface area contributed by atoms with E-state index in [1.807, 2.05) is 42.1 Å². The van der Waals surface area contributed by atoms with Gasteiger partial charge in [-0.25, -0.2) is 4.98 Å². The minimum absolute atomic E-state index is 0.326. The lowest BCUT2D eigenvalue weighted by molar-refractivity contribution is 0.790. The molecule has 0 bridgehead atoms. The number of aryl methyl sites for hydroxylation is 1. The van der Waals surface area contributed by atoms with Crippen molar-refractivity contribution in [1.29, 1.82) is 5.26 Å². The second-order valence-corrected chi connectivity index (χ2v) is 4.91. The van der Waals surface area contributed by atoms with Gasteiger partial charge in [-0.3, -0.25) is 0 Å². The molecule has 0 atom stereocenters. The summed E-state index contributed by atoms with van der Waals surface area (Å²) >= 11 is 1.43. The number of hydrogen-bond donors (Lipinski definition) is 0. The second kappa shape index (κ2) is 4.71. The summed E-state index contributed by atoms with van der Waals surface area (Å²) in [6.07, 6.45) is 3.59. The SMILES string of the molecule is Cn1ccnc1Sc1c(C#N)nnc2ccccc12. The van der Waals surface area contributed by atoms with Crippen molar-refractivity contribution in [3.05, 3.63) is 42.4 Å². The van der Waals surface area contributed by atoms with Gasteiger partial charge in [0.25, 0.3) is 0 Å². The van der Waals surface area contributed by atoms with Crippen LogP contribution in [-0.4, -0.2) is 19.7 Å². The number of rotatable bonds is 2. The summed E-state index contributed by atoms with van der Waals surface area (Å²) in [5.74, 6) is 0. The van der Waals surface area contributed by atoms with E-state index in [9.17, 15) is 5.26 Å². The molecule has 0 aliphatic rings. The first-order chi connectivity index (χ1) is 9.29. The molecule has 6 heteroatoms. The minimum atomic E-state index is 0.326. The molecule has 0 N–H and O–H groups in total. The van der Waals surface area contributed by atoms with Gasteiger partial charge in [0.1, 0.15) is 6.07 Å². The van der Waals surface area contributed by atoms with Crippen LogP contribution in [0.25, 0.3) is 10.9 Å². The average molecular weight is 267 g/mol. The Bertz CT molecular complexity index is 787. The summed E-state index contributed by atoms with van der Waals surface area (Å²) in [5.41, 5.74) is 1.10. The highest BCUT2D eigenvalue weighted by molar-refractivity contribution is 7.99. The van der Waals surface area contributed by atoms with Crippen LogP contribution in [0.15, 0.2) is 46.7 Å². The van der Waals surface area contributed by atoms with Crippen LogP contribution >= 0.6 is 11.8 Å². The van der Waals surface area contributed by atoms with Gasteiger partial charge in [0.05, 0.1) is 10.4 Å². The predicted molar refractivity (Wildman–Crippen MR) is 71.6 cm³/mol. The van der Waals surface area contributed by atoms with Crippen molar-refractivity contribution >= 4 is 22.7 Å². The molecular formula is C13H9N5S. The molecule has 2 heterocycles. The zero-order valence-corrected chi connectivity index (χ0v) is 10.9. The van der Waals surface area contributed by atoms with Crippen molar-refractivity contribution < 1.29 is 0 Å². The third kappa shape index (κ3) is 2.04. The van der Waals surface area contributed by atoms with Crippen LogP contribution in [0, 0.1) is 11.3 Å². The summed E-state index contributed by atoms with van der Waals surface area (Å²) in [6.45, 7) is 0. The Labute approximate surface area is 113 Å². The topological polar surface area (TPSA) is 67.4 Å². The first-order valence-corrected chi connectivity index (χ1v) is 6.42. The Kier molecular flexibility index (Phi) is 2.89. The van der Waals surface area contributed by atoms with Gasteiger partial charge in [0.2, 0.25) is 0 Å². The number of fused-ring (bicyclic) bond motifs is 1.